The molecular formula is C24H18N2O3S. The highest BCUT2D eigenvalue weighted by molar-refractivity contribution is 7.99. The van der Waals surface area contributed by atoms with Crippen molar-refractivity contribution < 1.29 is 14.4 Å². The lowest BCUT2D eigenvalue weighted by Gasteiger charge is -2.13. The Morgan fingerprint density at radius 2 is 1.43 bits per heavy atom. The van der Waals surface area contributed by atoms with Crippen molar-refractivity contribution in [2.45, 2.75) is 4.90 Å². The number of thioether (sulfide) groups is 1. The second kappa shape index (κ2) is 8.80. The highest BCUT2D eigenvalue weighted by Crippen LogP contribution is 2.27. The number of carbonyl (C=O) groups excluding carboxylic acids is 3. The van der Waals surface area contributed by atoms with Gasteiger partial charge in [0.1, 0.15) is 0 Å². The first kappa shape index (κ1) is 19.7. The molecular weight excluding hydrogens is 396 g/mol. The van der Waals surface area contributed by atoms with Gasteiger partial charge in [-0.05, 0) is 48.0 Å². The van der Waals surface area contributed by atoms with Crippen LogP contribution in [0.2, 0.25) is 0 Å². The molecule has 0 atom stereocenters. The fourth-order valence-electron chi connectivity index (χ4n) is 3.05. The zero-order chi connectivity index (χ0) is 20.9. The zero-order valence-corrected chi connectivity index (χ0v) is 16.8. The predicted molar refractivity (Wildman–Crippen MR) is 118 cm³/mol. The van der Waals surface area contributed by atoms with Crippen LogP contribution in [0.15, 0.2) is 89.8 Å². The van der Waals surface area contributed by atoms with E-state index in [2.05, 4.69) is 5.32 Å². The maximum Gasteiger partial charge on any atom is 0.262 e. The number of amides is 3. The summed E-state index contributed by atoms with van der Waals surface area (Å²) in [6, 6.07) is 23.7. The van der Waals surface area contributed by atoms with Crippen LogP contribution in [-0.4, -0.2) is 28.5 Å². The van der Waals surface area contributed by atoms with Gasteiger partial charge >= 0.3 is 0 Å². The van der Waals surface area contributed by atoms with E-state index in [-0.39, 0.29) is 23.6 Å². The molecule has 5 nitrogen and oxygen atoms in total. The van der Waals surface area contributed by atoms with Crippen LogP contribution in [0.3, 0.4) is 0 Å². The minimum atomic E-state index is -0.266. The highest BCUT2D eigenvalue weighted by atomic mass is 32.2. The topological polar surface area (TPSA) is 66.5 Å². The summed E-state index contributed by atoms with van der Waals surface area (Å²) < 4.78 is 0. The normalized spacial score (nSPS) is 13.0. The monoisotopic (exact) mass is 414 g/mol. The zero-order valence-electron chi connectivity index (χ0n) is 15.9. The SMILES string of the molecule is O=C(/C=C/c1ccccc1)Nc1ccc(SCN2C(=O)c3ccccc3C2=O)cc1. The van der Waals surface area contributed by atoms with E-state index in [0.717, 1.165) is 10.5 Å². The van der Waals surface area contributed by atoms with Gasteiger partial charge in [-0.25, -0.2) is 0 Å². The average molecular weight is 414 g/mol. The van der Waals surface area contributed by atoms with E-state index in [1.54, 1.807) is 42.5 Å². The van der Waals surface area contributed by atoms with Gasteiger partial charge in [0.05, 0.1) is 17.0 Å². The smallest absolute Gasteiger partial charge is 0.262 e. The van der Waals surface area contributed by atoms with Crippen LogP contribution < -0.4 is 5.32 Å². The third-order valence-electron chi connectivity index (χ3n) is 4.59. The van der Waals surface area contributed by atoms with Crippen molar-refractivity contribution in [1.29, 1.82) is 0 Å². The van der Waals surface area contributed by atoms with Crippen molar-refractivity contribution in [1.82, 2.24) is 4.90 Å². The third kappa shape index (κ3) is 4.34. The summed E-state index contributed by atoms with van der Waals surface area (Å²) in [6.45, 7) is 0. The van der Waals surface area contributed by atoms with E-state index >= 15 is 0 Å². The Kier molecular flexibility index (Phi) is 5.77. The molecule has 0 aromatic heterocycles. The first-order chi connectivity index (χ1) is 14.6. The van der Waals surface area contributed by atoms with E-state index in [0.29, 0.717) is 16.8 Å². The molecule has 1 aliphatic heterocycles. The Balaban J connectivity index is 1.32. The molecule has 0 saturated heterocycles. The molecule has 3 aromatic rings. The van der Waals surface area contributed by atoms with Gasteiger partial charge in [-0.3, -0.25) is 19.3 Å². The Hall–Kier alpha value is -3.64. The molecule has 0 spiro atoms. The quantitative estimate of drug-likeness (QED) is 0.361. The summed E-state index contributed by atoms with van der Waals surface area (Å²) in [6.07, 6.45) is 3.24. The number of imide groups is 1. The van der Waals surface area contributed by atoms with Crippen LogP contribution in [0.1, 0.15) is 26.3 Å². The summed E-state index contributed by atoms with van der Waals surface area (Å²) in [5.41, 5.74) is 2.52. The van der Waals surface area contributed by atoms with Crippen LogP contribution in [0.4, 0.5) is 5.69 Å². The summed E-state index contributed by atoms with van der Waals surface area (Å²) in [4.78, 5) is 39.0. The Morgan fingerprint density at radius 1 is 0.833 bits per heavy atom. The molecule has 6 heteroatoms. The van der Waals surface area contributed by atoms with Gasteiger partial charge in [0.25, 0.3) is 11.8 Å². The molecule has 0 aliphatic carbocycles. The molecule has 0 radical (unpaired) electrons. The van der Waals surface area contributed by atoms with Crippen LogP contribution in [0.25, 0.3) is 6.08 Å². The van der Waals surface area contributed by atoms with E-state index in [1.807, 2.05) is 42.5 Å². The number of hydrogen-bond donors (Lipinski definition) is 1. The van der Waals surface area contributed by atoms with Crippen LogP contribution in [-0.2, 0) is 4.79 Å². The van der Waals surface area contributed by atoms with Crippen molar-refractivity contribution in [3.05, 3.63) is 102 Å². The second-order valence-corrected chi connectivity index (χ2v) is 7.63. The summed E-state index contributed by atoms with van der Waals surface area (Å²) in [5, 5.41) is 2.81. The van der Waals surface area contributed by atoms with Crippen LogP contribution in [0, 0.1) is 0 Å². The van der Waals surface area contributed by atoms with E-state index in [9.17, 15) is 14.4 Å². The average Bonchev–Trinajstić information content (AvgIpc) is 3.03. The maximum absolute atomic E-state index is 12.4. The van der Waals surface area contributed by atoms with Crippen molar-refractivity contribution >= 4 is 41.2 Å². The van der Waals surface area contributed by atoms with Crippen molar-refractivity contribution in [3.8, 4) is 0 Å². The molecule has 3 aromatic carbocycles. The van der Waals surface area contributed by atoms with Crippen molar-refractivity contribution in [3.63, 3.8) is 0 Å². The molecule has 0 unspecified atom stereocenters. The van der Waals surface area contributed by atoms with Gasteiger partial charge in [-0.2, -0.15) is 0 Å². The molecule has 1 N–H and O–H groups in total. The highest BCUT2D eigenvalue weighted by Gasteiger charge is 2.34. The lowest BCUT2D eigenvalue weighted by Crippen LogP contribution is -2.29. The summed E-state index contributed by atoms with van der Waals surface area (Å²) in [7, 11) is 0. The number of fused-ring (bicyclic) bond motifs is 1. The Labute approximate surface area is 178 Å². The Morgan fingerprint density at radius 3 is 2.07 bits per heavy atom. The van der Waals surface area contributed by atoms with E-state index in [4.69, 9.17) is 0 Å². The van der Waals surface area contributed by atoms with Gasteiger partial charge in [0, 0.05) is 16.7 Å². The van der Waals surface area contributed by atoms with Gasteiger partial charge in [0.2, 0.25) is 5.91 Å². The van der Waals surface area contributed by atoms with E-state index < -0.39 is 0 Å². The molecule has 0 fully saturated rings. The molecule has 1 aliphatic rings. The fraction of sp³-hybridized carbons (Fsp3) is 0.0417. The third-order valence-corrected chi connectivity index (χ3v) is 5.58. The number of carbonyl (C=O) groups is 3. The summed E-state index contributed by atoms with van der Waals surface area (Å²) in [5.74, 6) is -0.516. The number of nitrogens with one attached hydrogen (secondary N) is 1. The predicted octanol–water partition coefficient (Wildman–Crippen LogP) is 4.68. The molecule has 0 bridgehead atoms. The first-order valence-electron chi connectivity index (χ1n) is 9.34. The van der Waals surface area contributed by atoms with Crippen molar-refractivity contribution in [2.75, 3.05) is 11.2 Å². The molecule has 1 heterocycles. The number of anilines is 1. The number of nitrogens with zero attached hydrogens (tertiary/aromatic N) is 1. The molecule has 4 rings (SSSR count). The van der Waals surface area contributed by atoms with Crippen molar-refractivity contribution in [2.24, 2.45) is 0 Å². The van der Waals surface area contributed by atoms with Crippen LogP contribution >= 0.6 is 11.8 Å². The van der Waals surface area contributed by atoms with Gasteiger partial charge in [-0.15, -0.1) is 11.8 Å². The van der Waals surface area contributed by atoms with Gasteiger partial charge in [-0.1, -0.05) is 42.5 Å². The van der Waals surface area contributed by atoms with Crippen LogP contribution in [0.5, 0.6) is 0 Å². The van der Waals surface area contributed by atoms with Gasteiger partial charge < -0.3 is 5.32 Å². The number of benzene rings is 3. The Bertz CT molecular complexity index is 1090. The lowest BCUT2D eigenvalue weighted by atomic mass is 10.1. The van der Waals surface area contributed by atoms with Gasteiger partial charge in [0.15, 0.2) is 0 Å². The summed E-state index contributed by atoms with van der Waals surface area (Å²) >= 11 is 1.39. The minimum absolute atomic E-state index is 0.217. The minimum Gasteiger partial charge on any atom is -0.323 e. The molecule has 30 heavy (non-hydrogen) atoms. The lowest BCUT2D eigenvalue weighted by molar-refractivity contribution is -0.111. The fourth-order valence-corrected chi connectivity index (χ4v) is 3.89. The second-order valence-electron chi connectivity index (χ2n) is 6.62. The molecule has 0 saturated carbocycles. The first-order valence-corrected chi connectivity index (χ1v) is 10.3. The van der Waals surface area contributed by atoms with E-state index in [1.165, 1.54) is 22.7 Å². The number of hydrogen-bond acceptors (Lipinski definition) is 4. The largest absolute Gasteiger partial charge is 0.323 e. The molecule has 3 amide bonds. The number of rotatable bonds is 6. The standard InChI is InChI=1S/C24H18N2O3S/c27-22(15-10-17-6-2-1-3-7-17)25-18-11-13-19(14-12-18)30-16-26-23(28)20-8-4-5-9-21(20)24(26)29/h1-15H,16H2,(H,25,27)/b15-10+. The maximum atomic E-state index is 12.4. The molecule has 148 valence electrons.